The summed E-state index contributed by atoms with van der Waals surface area (Å²) in [4.78, 5) is 0. The van der Waals surface area contributed by atoms with Crippen molar-refractivity contribution >= 4 is 0 Å². The van der Waals surface area contributed by atoms with E-state index in [9.17, 15) is 10.2 Å². The highest BCUT2D eigenvalue weighted by molar-refractivity contribution is 5.12. The molecule has 4 rings (SSSR count). The first-order valence-electron chi connectivity index (χ1n) is 14.1. The number of hydrogen-bond acceptors (Lipinski definition) is 6. The van der Waals surface area contributed by atoms with Crippen molar-refractivity contribution < 1.29 is 29.2 Å². The molecule has 0 saturated carbocycles. The van der Waals surface area contributed by atoms with Gasteiger partial charge in [0, 0.05) is 0 Å². The summed E-state index contributed by atoms with van der Waals surface area (Å²) in [5, 5.41) is 21.3. The van der Waals surface area contributed by atoms with Crippen molar-refractivity contribution in [2.45, 2.75) is 165 Å². The van der Waals surface area contributed by atoms with Gasteiger partial charge in [-0.25, -0.2) is 0 Å². The van der Waals surface area contributed by atoms with Crippen molar-refractivity contribution in [1.29, 1.82) is 0 Å². The zero-order valence-electron chi connectivity index (χ0n) is 23.6. The lowest BCUT2D eigenvalue weighted by atomic mass is 9.78. The average molecular weight is 507 g/mol. The van der Waals surface area contributed by atoms with Crippen LogP contribution in [0.1, 0.15) is 106 Å². The molecule has 206 valence electrons. The second kappa shape index (κ2) is 10.1. The Morgan fingerprint density at radius 3 is 2.11 bits per heavy atom. The Hall–Kier alpha value is -0.760. The van der Waals surface area contributed by atoms with Crippen molar-refractivity contribution in [2.75, 3.05) is 0 Å². The Kier molecular flexibility index (Phi) is 7.92. The van der Waals surface area contributed by atoms with E-state index in [-0.39, 0.29) is 47.8 Å². The van der Waals surface area contributed by atoms with Crippen LogP contribution in [0.4, 0.5) is 0 Å². The minimum absolute atomic E-state index is 0.0381. The maximum Gasteiger partial charge on any atom is 0.0924 e. The molecule has 0 aromatic heterocycles. The predicted octanol–water partition coefficient (Wildman–Crippen LogP) is 5.39. The molecule has 0 bridgehead atoms. The molecule has 0 aliphatic carbocycles. The van der Waals surface area contributed by atoms with Gasteiger partial charge in [0.15, 0.2) is 0 Å². The van der Waals surface area contributed by atoms with Gasteiger partial charge in [0.25, 0.3) is 0 Å². The Morgan fingerprint density at radius 2 is 1.50 bits per heavy atom. The molecule has 6 nitrogen and oxygen atoms in total. The van der Waals surface area contributed by atoms with Crippen molar-refractivity contribution in [3.63, 3.8) is 0 Å². The van der Waals surface area contributed by atoms with E-state index in [2.05, 4.69) is 33.4 Å². The lowest BCUT2D eigenvalue weighted by Crippen LogP contribution is -2.58. The van der Waals surface area contributed by atoms with Gasteiger partial charge in [-0.3, -0.25) is 0 Å². The van der Waals surface area contributed by atoms with Crippen molar-refractivity contribution in [3.05, 3.63) is 23.8 Å². The second-order valence-electron chi connectivity index (χ2n) is 13.3. The summed E-state index contributed by atoms with van der Waals surface area (Å²) in [6.07, 6.45) is 9.53. The van der Waals surface area contributed by atoms with E-state index in [1.165, 1.54) is 5.57 Å². The molecule has 0 aromatic rings. The van der Waals surface area contributed by atoms with Crippen LogP contribution in [0.25, 0.3) is 0 Å². The quantitative estimate of drug-likeness (QED) is 0.470. The summed E-state index contributed by atoms with van der Waals surface area (Å²) < 4.78 is 26.0. The first-order valence-corrected chi connectivity index (χ1v) is 14.1. The molecule has 4 saturated heterocycles. The van der Waals surface area contributed by atoms with E-state index < -0.39 is 11.2 Å². The summed E-state index contributed by atoms with van der Waals surface area (Å²) >= 11 is 0. The number of aliphatic hydroxyl groups is 2. The molecule has 9 atom stereocenters. The smallest absolute Gasteiger partial charge is 0.0924 e. The maximum atomic E-state index is 10.9. The van der Waals surface area contributed by atoms with Crippen LogP contribution in [0.3, 0.4) is 0 Å². The molecule has 0 unspecified atom stereocenters. The third-order valence-electron chi connectivity index (χ3n) is 9.44. The van der Waals surface area contributed by atoms with Gasteiger partial charge in [-0.1, -0.05) is 18.2 Å². The Labute approximate surface area is 218 Å². The van der Waals surface area contributed by atoms with Gasteiger partial charge in [-0.15, -0.1) is 0 Å². The Morgan fingerprint density at radius 1 is 0.889 bits per heavy atom. The second-order valence-corrected chi connectivity index (χ2v) is 13.3. The van der Waals surface area contributed by atoms with Crippen LogP contribution in [0.15, 0.2) is 23.8 Å². The molecule has 0 amide bonds. The fourth-order valence-electron chi connectivity index (χ4n) is 6.65. The molecule has 0 spiro atoms. The van der Waals surface area contributed by atoms with Gasteiger partial charge >= 0.3 is 0 Å². The first-order chi connectivity index (χ1) is 16.6. The van der Waals surface area contributed by atoms with E-state index in [1.54, 1.807) is 13.8 Å². The fourth-order valence-corrected chi connectivity index (χ4v) is 6.65. The standard InChI is InChI=1S/C30H50O6/c1-19(2)21-13-17-29(7,35-21)26-15-18-30(8)25(34-26)12-10-22(36-30)20(3)9-11-24-28(6,32)16-14-23(33-24)27(4,5)31/h9,21-26,31-32H,1,10-18H2,2-8H3/b20-9+/t21-,22+,23+,24+,25+,26+,28-,29-,30-/m0/s1. The fraction of sp³-hybridized carbons (Fsp3) is 0.867. The molecular weight excluding hydrogens is 456 g/mol. The average Bonchev–Trinajstić information content (AvgIpc) is 3.19. The number of ether oxygens (including phenoxy) is 4. The van der Waals surface area contributed by atoms with Crippen LogP contribution in [-0.4, -0.2) is 69.2 Å². The molecule has 2 N–H and O–H groups in total. The van der Waals surface area contributed by atoms with Gasteiger partial charge in [0.2, 0.25) is 0 Å². The molecule has 4 fully saturated rings. The van der Waals surface area contributed by atoms with Crippen LogP contribution < -0.4 is 0 Å². The number of fused-ring (bicyclic) bond motifs is 1. The monoisotopic (exact) mass is 506 g/mol. The van der Waals surface area contributed by atoms with Crippen LogP contribution in [-0.2, 0) is 18.9 Å². The van der Waals surface area contributed by atoms with Crippen LogP contribution in [0.2, 0.25) is 0 Å². The molecule has 0 radical (unpaired) electrons. The molecule has 36 heavy (non-hydrogen) atoms. The molecular formula is C30H50O6. The summed E-state index contributed by atoms with van der Waals surface area (Å²) in [5.74, 6) is 0. The van der Waals surface area contributed by atoms with Gasteiger partial charge in [-0.05, 0) is 112 Å². The number of rotatable bonds is 6. The third-order valence-corrected chi connectivity index (χ3v) is 9.44. The van der Waals surface area contributed by atoms with Crippen LogP contribution in [0, 0.1) is 0 Å². The van der Waals surface area contributed by atoms with Gasteiger partial charge < -0.3 is 29.2 Å². The van der Waals surface area contributed by atoms with E-state index >= 15 is 0 Å². The molecule has 6 heteroatoms. The summed E-state index contributed by atoms with van der Waals surface area (Å²) in [6, 6.07) is 0. The molecule has 4 aliphatic rings. The molecule has 4 aliphatic heterocycles. The summed E-state index contributed by atoms with van der Waals surface area (Å²) in [5.41, 5.74) is -0.116. The highest BCUT2D eigenvalue weighted by Gasteiger charge is 2.52. The van der Waals surface area contributed by atoms with Crippen molar-refractivity contribution in [2.24, 2.45) is 0 Å². The van der Waals surface area contributed by atoms with Gasteiger partial charge in [0.05, 0.1) is 59.0 Å². The highest BCUT2D eigenvalue weighted by atomic mass is 16.6. The minimum Gasteiger partial charge on any atom is -0.388 e. The van der Waals surface area contributed by atoms with E-state index in [0.29, 0.717) is 19.3 Å². The SMILES string of the molecule is C=C(C)[C@@H]1CC[C@@](C)([C@H]2CC[C@]3(C)O[C@@H](/C(C)=C/C[C@H]4O[C@@H](C(C)(C)O)CC[C@]4(C)O)CC[C@H]3O2)O1. The van der Waals surface area contributed by atoms with E-state index in [4.69, 9.17) is 18.9 Å². The van der Waals surface area contributed by atoms with Crippen LogP contribution in [0.5, 0.6) is 0 Å². The zero-order chi connectivity index (χ0) is 26.5. The third kappa shape index (κ3) is 5.79. The van der Waals surface area contributed by atoms with Gasteiger partial charge in [0.1, 0.15) is 0 Å². The number of hydrogen-bond donors (Lipinski definition) is 2. The largest absolute Gasteiger partial charge is 0.388 e. The van der Waals surface area contributed by atoms with Crippen molar-refractivity contribution in [3.8, 4) is 0 Å². The van der Waals surface area contributed by atoms with Gasteiger partial charge in [-0.2, -0.15) is 0 Å². The Balaban J connectivity index is 1.36. The minimum atomic E-state index is -0.922. The lowest BCUT2D eigenvalue weighted by molar-refractivity contribution is -0.260. The summed E-state index contributed by atoms with van der Waals surface area (Å²) in [6.45, 7) is 18.1. The lowest BCUT2D eigenvalue weighted by Gasteiger charge is -2.52. The molecule has 4 heterocycles. The highest BCUT2D eigenvalue weighted by Crippen LogP contribution is 2.47. The zero-order valence-corrected chi connectivity index (χ0v) is 23.6. The first kappa shape index (κ1) is 28.3. The van der Waals surface area contributed by atoms with E-state index in [1.807, 2.05) is 13.8 Å². The summed E-state index contributed by atoms with van der Waals surface area (Å²) in [7, 11) is 0. The predicted molar refractivity (Wildman–Crippen MR) is 141 cm³/mol. The topological polar surface area (TPSA) is 77.4 Å². The van der Waals surface area contributed by atoms with Crippen LogP contribution >= 0.6 is 0 Å². The Bertz CT molecular complexity index is 843. The van der Waals surface area contributed by atoms with Crippen molar-refractivity contribution in [1.82, 2.24) is 0 Å². The normalized spacial score (nSPS) is 46.4. The maximum absolute atomic E-state index is 10.9. The molecule has 0 aromatic carbocycles. The van der Waals surface area contributed by atoms with E-state index in [0.717, 1.165) is 44.1 Å².